The number of hydrogen-bond donors (Lipinski definition) is 0. The monoisotopic (exact) mass is 169 g/mol. The predicted molar refractivity (Wildman–Crippen MR) is 48.9 cm³/mol. The summed E-state index contributed by atoms with van der Waals surface area (Å²) < 4.78 is 1.54. The molecule has 0 fully saturated rings. The van der Waals surface area contributed by atoms with E-state index in [4.69, 9.17) is 0 Å². The molecule has 0 amide bonds. The molecule has 0 saturated heterocycles. The van der Waals surface area contributed by atoms with Crippen LogP contribution in [0.1, 0.15) is 5.69 Å². The number of rotatable bonds is 0. The molecule has 1 aliphatic rings. The van der Waals surface area contributed by atoms with E-state index in [0.29, 0.717) is 10.9 Å². The normalized spacial score (nSPS) is 13.2. The van der Waals surface area contributed by atoms with E-state index >= 15 is 0 Å². The van der Waals surface area contributed by atoms with Crippen LogP contribution in [0.2, 0.25) is 0 Å². The van der Waals surface area contributed by atoms with Crippen molar-refractivity contribution in [3.63, 3.8) is 0 Å². The van der Waals surface area contributed by atoms with Gasteiger partial charge in [-0.3, -0.25) is 9.20 Å². The van der Waals surface area contributed by atoms with Gasteiger partial charge in [-0.2, -0.15) is 0 Å². The highest BCUT2D eigenvalue weighted by molar-refractivity contribution is 5.61. The Kier molecular flexibility index (Phi) is 1.05. The Morgan fingerprint density at radius 2 is 2.38 bits per heavy atom. The minimum Gasteiger partial charge on any atom is -0.268 e. The zero-order chi connectivity index (χ0) is 8.84. The highest BCUT2D eigenvalue weighted by atomic mass is 16.1. The van der Waals surface area contributed by atoms with Crippen LogP contribution in [0.3, 0.4) is 0 Å². The molecule has 0 aromatic carbocycles. The van der Waals surface area contributed by atoms with Crippen molar-refractivity contribution in [2.45, 2.75) is 0 Å². The van der Waals surface area contributed by atoms with E-state index in [1.165, 1.54) is 4.40 Å². The van der Waals surface area contributed by atoms with Crippen molar-refractivity contribution in [1.29, 1.82) is 0 Å². The van der Waals surface area contributed by atoms with Crippen molar-refractivity contribution in [2.24, 2.45) is 0 Å². The van der Waals surface area contributed by atoms with Crippen LogP contribution in [-0.4, -0.2) is 9.38 Å². The van der Waals surface area contributed by atoms with E-state index in [1.807, 2.05) is 12.1 Å². The summed E-state index contributed by atoms with van der Waals surface area (Å²) in [5, 5.41) is 0.628. The lowest BCUT2D eigenvalue weighted by molar-refractivity contribution is 1.04. The van der Waals surface area contributed by atoms with Gasteiger partial charge in [0.15, 0.2) is 0 Å². The summed E-state index contributed by atoms with van der Waals surface area (Å²) in [6.45, 7) is 0. The fraction of sp³-hybridized carbons (Fsp3) is 0. The van der Waals surface area contributed by atoms with Crippen molar-refractivity contribution in [3.05, 3.63) is 45.7 Å². The molecule has 0 aliphatic heterocycles. The first-order chi connectivity index (χ1) is 6.36. The zero-order valence-electron chi connectivity index (χ0n) is 6.69. The summed E-state index contributed by atoms with van der Waals surface area (Å²) in [7, 11) is 0. The number of aromatic nitrogens is 2. The van der Waals surface area contributed by atoms with Crippen molar-refractivity contribution in [3.8, 4) is 0 Å². The van der Waals surface area contributed by atoms with Gasteiger partial charge in [0, 0.05) is 6.20 Å². The Bertz CT molecular complexity index is 622. The van der Waals surface area contributed by atoms with Crippen LogP contribution in [0.25, 0.3) is 17.8 Å². The molecule has 1 radical (unpaired) electrons. The fourth-order valence-corrected chi connectivity index (χ4v) is 1.51. The minimum atomic E-state index is -0.0220. The molecule has 3 rings (SSSR count). The second kappa shape index (κ2) is 2.07. The Hall–Kier alpha value is -1.90. The number of fused-ring (bicyclic) bond motifs is 2. The van der Waals surface area contributed by atoms with Crippen LogP contribution in [0.5, 0.6) is 0 Å². The van der Waals surface area contributed by atoms with Gasteiger partial charge in [0.05, 0.1) is 10.9 Å². The molecule has 3 heteroatoms. The molecule has 2 aromatic heterocycles. The SMILES string of the molecule is O=c1c2c(nc3cccn13)C=[C]C=2. The summed E-state index contributed by atoms with van der Waals surface area (Å²) in [4.78, 5) is 16.0. The molecule has 0 unspecified atom stereocenters. The van der Waals surface area contributed by atoms with Crippen molar-refractivity contribution >= 4 is 17.8 Å². The molecule has 0 N–H and O–H groups in total. The van der Waals surface area contributed by atoms with Crippen LogP contribution < -0.4 is 10.8 Å². The highest BCUT2D eigenvalue weighted by Gasteiger charge is 2.06. The Labute approximate surface area is 73.6 Å². The van der Waals surface area contributed by atoms with E-state index in [9.17, 15) is 4.79 Å². The van der Waals surface area contributed by atoms with Crippen molar-refractivity contribution in [2.75, 3.05) is 0 Å². The van der Waals surface area contributed by atoms with Crippen LogP contribution in [-0.2, 0) is 0 Å². The second-order valence-electron chi connectivity index (χ2n) is 2.91. The van der Waals surface area contributed by atoms with E-state index in [-0.39, 0.29) is 5.56 Å². The molecule has 2 aromatic rings. The average molecular weight is 169 g/mol. The maximum Gasteiger partial charge on any atom is 0.265 e. The van der Waals surface area contributed by atoms with E-state index in [2.05, 4.69) is 11.1 Å². The van der Waals surface area contributed by atoms with E-state index < -0.39 is 0 Å². The van der Waals surface area contributed by atoms with Crippen LogP contribution in [0.15, 0.2) is 23.1 Å². The van der Waals surface area contributed by atoms with E-state index in [0.717, 1.165) is 5.69 Å². The summed E-state index contributed by atoms with van der Waals surface area (Å²) in [6.07, 6.45) is 7.98. The molecule has 0 atom stereocenters. The molecule has 3 nitrogen and oxygen atoms in total. The summed E-state index contributed by atoms with van der Waals surface area (Å²) in [5.41, 5.74) is 1.39. The van der Waals surface area contributed by atoms with Gasteiger partial charge in [-0.15, -0.1) is 0 Å². The third-order valence-electron chi connectivity index (χ3n) is 2.14. The number of allylic oxidation sites excluding steroid dienone is 1. The standard InChI is InChI=1S/C10H5N2O/c13-10-7-3-1-4-8(7)11-9-5-2-6-12(9)10/h2-6H. The first-order valence-corrected chi connectivity index (χ1v) is 3.97. The molecule has 61 valence electrons. The third-order valence-corrected chi connectivity index (χ3v) is 2.14. The lowest BCUT2D eigenvalue weighted by atomic mass is 10.4. The number of nitrogens with zero attached hydrogens (tertiary/aromatic N) is 2. The molecular weight excluding hydrogens is 164 g/mol. The quantitative estimate of drug-likeness (QED) is 0.557. The molecule has 1 aliphatic carbocycles. The maximum atomic E-state index is 11.7. The first-order valence-electron chi connectivity index (χ1n) is 3.97. The van der Waals surface area contributed by atoms with E-state index in [1.54, 1.807) is 18.3 Å². The predicted octanol–water partition coefficient (Wildman–Crippen LogP) is 0.0239. The van der Waals surface area contributed by atoms with Gasteiger partial charge in [0.25, 0.3) is 5.56 Å². The smallest absolute Gasteiger partial charge is 0.265 e. The molecule has 0 saturated carbocycles. The minimum absolute atomic E-state index is 0.0220. The average Bonchev–Trinajstić information content (AvgIpc) is 2.71. The maximum absolute atomic E-state index is 11.7. The summed E-state index contributed by atoms with van der Waals surface area (Å²) >= 11 is 0. The van der Waals surface area contributed by atoms with Gasteiger partial charge in [0.1, 0.15) is 5.65 Å². The van der Waals surface area contributed by atoms with Gasteiger partial charge in [-0.1, -0.05) is 0 Å². The van der Waals surface area contributed by atoms with Gasteiger partial charge in [0.2, 0.25) is 0 Å². The molecule has 13 heavy (non-hydrogen) atoms. The summed E-state index contributed by atoms with van der Waals surface area (Å²) in [5.74, 6) is 0. The fourth-order valence-electron chi connectivity index (χ4n) is 1.51. The zero-order valence-corrected chi connectivity index (χ0v) is 6.69. The topological polar surface area (TPSA) is 34.4 Å². The summed E-state index contributed by atoms with van der Waals surface area (Å²) in [6, 6.07) is 3.63. The third kappa shape index (κ3) is 0.731. The van der Waals surface area contributed by atoms with Crippen LogP contribution in [0.4, 0.5) is 0 Å². The van der Waals surface area contributed by atoms with Gasteiger partial charge < -0.3 is 0 Å². The van der Waals surface area contributed by atoms with Crippen LogP contribution >= 0.6 is 0 Å². The first kappa shape index (κ1) is 6.60. The van der Waals surface area contributed by atoms with Gasteiger partial charge in [-0.05, 0) is 30.4 Å². The molecule has 0 spiro atoms. The largest absolute Gasteiger partial charge is 0.268 e. The molecule has 2 heterocycles. The Balaban J connectivity index is 2.70. The van der Waals surface area contributed by atoms with Crippen molar-refractivity contribution in [1.82, 2.24) is 9.38 Å². The number of hydrogen-bond acceptors (Lipinski definition) is 2. The van der Waals surface area contributed by atoms with Crippen molar-refractivity contribution < 1.29 is 0 Å². The molecular formula is C10H5N2O. The highest BCUT2D eigenvalue weighted by Crippen LogP contribution is 2.00. The second-order valence-corrected chi connectivity index (χ2v) is 2.91. The van der Waals surface area contributed by atoms with Gasteiger partial charge >= 0.3 is 0 Å². The Morgan fingerprint density at radius 1 is 1.46 bits per heavy atom. The lowest BCUT2D eigenvalue weighted by Crippen LogP contribution is -2.32. The Morgan fingerprint density at radius 3 is 3.31 bits per heavy atom. The lowest BCUT2D eigenvalue weighted by Gasteiger charge is -1.94. The van der Waals surface area contributed by atoms with Crippen LogP contribution in [0, 0.1) is 6.08 Å². The molecule has 0 bridgehead atoms. The van der Waals surface area contributed by atoms with Gasteiger partial charge in [-0.25, -0.2) is 4.98 Å².